The van der Waals surface area contributed by atoms with Gasteiger partial charge in [0.2, 0.25) is 5.95 Å². The number of pyridine rings is 1. The van der Waals surface area contributed by atoms with Crippen LogP contribution in [0, 0.1) is 20.8 Å². The van der Waals surface area contributed by atoms with Gasteiger partial charge in [-0.3, -0.25) is 24.1 Å². The van der Waals surface area contributed by atoms with E-state index < -0.39 is 0 Å². The summed E-state index contributed by atoms with van der Waals surface area (Å²) in [7, 11) is 0. The maximum absolute atomic E-state index is 12.9. The van der Waals surface area contributed by atoms with Crippen LogP contribution in [0.4, 0.5) is 11.6 Å². The molecule has 6 nitrogen and oxygen atoms in total. The van der Waals surface area contributed by atoms with Gasteiger partial charge in [0.15, 0.2) is 0 Å². The van der Waals surface area contributed by atoms with E-state index in [1.165, 1.54) is 5.56 Å². The minimum absolute atomic E-state index is 0.0142. The van der Waals surface area contributed by atoms with Crippen LogP contribution in [0.2, 0.25) is 0 Å². The highest BCUT2D eigenvalue weighted by Crippen LogP contribution is 2.28. The number of hydrogen-bond acceptors (Lipinski definition) is 5. The quantitative estimate of drug-likeness (QED) is 0.717. The van der Waals surface area contributed by atoms with Crippen LogP contribution in [0.3, 0.4) is 0 Å². The summed E-state index contributed by atoms with van der Waals surface area (Å²) in [5.41, 5.74) is 4.69. The summed E-state index contributed by atoms with van der Waals surface area (Å²) < 4.78 is 1.76. The molecule has 0 atom stereocenters. The zero-order chi connectivity index (χ0) is 19.0. The van der Waals surface area contributed by atoms with Crippen molar-refractivity contribution >= 4 is 11.6 Å². The average molecular weight is 361 g/mol. The predicted molar refractivity (Wildman–Crippen MR) is 106 cm³/mol. The van der Waals surface area contributed by atoms with Crippen molar-refractivity contribution in [3.05, 3.63) is 81.5 Å². The first-order chi connectivity index (χ1) is 13.0. The Morgan fingerprint density at radius 2 is 1.78 bits per heavy atom. The third kappa shape index (κ3) is 3.36. The average Bonchev–Trinajstić information content (AvgIpc) is 2.68. The molecule has 4 rings (SSSR count). The van der Waals surface area contributed by atoms with Gasteiger partial charge in [-0.15, -0.1) is 0 Å². The number of aryl methyl sites for hydroxylation is 2. The lowest BCUT2D eigenvalue weighted by Gasteiger charge is -2.38. The molecule has 6 heteroatoms. The fourth-order valence-electron chi connectivity index (χ4n) is 3.33. The smallest absolute Gasteiger partial charge is 0.259 e. The highest BCUT2D eigenvalue weighted by atomic mass is 16.1. The van der Waals surface area contributed by atoms with Crippen molar-refractivity contribution < 1.29 is 0 Å². The van der Waals surface area contributed by atoms with E-state index in [1.54, 1.807) is 10.8 Å². The van der Waals surface area contributed by atoms with E-state index in [0.717, 1.165) is 17.1 Å². The second-order valence-electron chi connectivity index (χ2n) is 7.05. The number of nitrogens with zero attached hydrogens (tertiary/aromatic N) is 5. The van der Waals surface area contributed by atoms with Crippen molar-refractivity contribution in [3.63, 3.8) is 0 Å². The number of benzene rings is 1. The standard InChI is InChI=1S/C21H23N5O/c1-15-7-9-19(10-8-15)25-13-24(12-18-6-4-5-11-22-18)14-26-20(27)16(2)17(3)23-21(25)26/h4-11H,12-14H2,1-3H3. The molecule has 0 bridgehead atoms. The molecule has 2 aromatic heterocycles. The van der Waals surface area contributed by atoms with Gasteiger partial charge in [-0.2, -0.15) is 0 Å². The van der Waals surface area contributed by atoms with Crippen molar-refractivity contribution in [2.45, 2.75) is 34.0 Å². The SMILES string of the molecule is Cc1ccc(N2CN(Cc3ccccn3)Cn3c2nc(C)c(C)c3=O)cc1. The monoisotopic (exact) mass is 361 g/mol. The molecule has 1 aromatic carbocycles. The molecule has 0 N–H and O–H groups in total. The van der Waals surface area contributed by atoms with Crippen LogP contribution in [0.15, 0.2) is 53.5 Å². The molecule has 0 saturated carbocycles. The zero-order valence-corrected chi connectivity index (χ0v) is 15.9. The maximum atomic E-state index is 12.9. The van der Waals surface area contributed by atoms with Crippen molar-refractivity contribution in [2.75, 3.05) is 11.6 Å². The van der Waals surface area contributed by atoms with Gasteiger partial charge in [0, 0.05) is 29.7 Å². The minimum Gasteiger partial charge on any atom is -0.298 e. The molecule has 1 aliphatic heterocycles. The van der Waals surface area contributed by atoms with E-state index in [2.05, 4.69) is 46.0 Å². The molecule has 27 heavy (non-hydrogen) atoms. The Balaban J connectivity index is 1.78. The third-order valence-corrected chi connectivity index (χ3v) is 5.00. The number of anilines is 2. The van der Waals surface area contributed by atoms with Gasteiger partial charge in [0.25, 0.3) is 5.56 Å². The van der Waals surface area contributed by atoms with Crippen molar-refractivity contribution in [2.24, 2.45) is 0 Å². The first-order valence-corrected chi connectivity index (χ1v) is 9.07. The van der Waals surface area contributed by atoms with E-state index >= 15 is 0 Å². The maximum Gasteiger partial charge on any atom is 0.259 e. The summed E-state index contributed by atoms with van der Waals surface area (Å²) in [6.45, 7) is 7.62. The van der Waals surface area contributed by atoms with Crippen LogP contribution in [-0.2, 0) is 13.2 Å². The molecule has 0 amide bonds. The van der Waals surface area contributed by atoms with Crippen molar-refractivity contribution in [1.82, 2.24) is 19.4 Å². The number of aromatic nitrogens is 3. The number of hydrogen-bond donors (Lipinski definition) is 0. The molecular weight excluding hydrogens is 338 g/mol. The minimum atomic E-state index is 0.0142. The Bertz CT molecular complexity index is 1010. The third-order valence-electron chi connectivity index (χ3n) is 5.00. The molecule has 0 aliphatic carbocycles. The van der Waals surface area contributed by atoms with Crippen LogP contribution in [0.25, 0.3) is 0 Å². The predicted octanol–water partition coefficient (Wildman–Crippen LogP) is 3.13. The Hall–Kier alpha value is -2.99. The molecule has 3 aromatic rings. The van der Waals surface area contributed by atoms with Crippen molar-refractivity contribution in [1.29, 1.82) is 0 Å². The second kappa shape index (κ2) is 6.96. The summed E-state index contributed by atoms with van der Waals surface area (Å²) in [4.78, 5) is 26.4. The highest BCUT2D eigenvalue weighted by Gasteiger charge is 2.27. The summed E-state index contributed by atoms with van der Waals surface area (Å²) >= 11 is 0. The molecule has 3 heterocycles. The molecule has 0 saturated heterocycles. The summed E-state index contributed by atoms with van der Waals surface area (Å²) in [5.74, 6) is 0.698. The molecule has 0 fully saturated rings. The molecule has 1 aliphatic rings. The molecule has 138 valence electrons. The molecular formula is C21H23N5O. The van der Waals surface area contributed by atoms with E-state index in [1.807, 2.05) is 32.0 Å². The number of rotatable bonds is 3. The fourth-order valence-corrected chi connectivity index (χ4v) is 3.33. The lowest BCUT2D eigenvalue weighted by atomic mass is 10.2. The van der Waals surface area contributed by atoms with Gasteiger partial charge < -0.3 is 0 Å². The Morgan fingerprint density at radius 3 is 2.48 bits per heavy atom. The lowest BCUT2D eigenvalue weighted by molar-refractivity contribution is 0.187. The first-order valence-electron chi connectivity index (χ1n) is 9.07. The summed E-state index contributed by atoms with van der Waals surface area (Å²) in [6.07, 6.45) is 1.80. The summed E-state index contributed by atoms with van der Waals surface area (Å²) in [6, 6.07) is 14.2. The molecule has 0 spiro atoms. The Morgan fingerprint density at radius 1 is 1.00 bits per heavy atom. The normalized spacial score (nSPS) is 14.3. The van der Waals surface area contributed by atoms with E-state index in [9.17, 15) is 4.79 Å². The molecule has 0 radical (unpaired) electrons. The van der Waals surface area contributed by atoms with Gasteiger partial charge in [-0.1, -0.05) is 23.8 Å². The zero-order valence-electron chi connectivity index (χ0n) is 15.9. The Kier molecular flexibility index (Phi) is 4.49. The molecule has 0 unspecified atom stereocenters. The van der Waals surface area contributed by atoms with Gasteiger partial charge in [0.1, 0.15) is 0 Å². The van der Waals surface area contributed by atoms with Gasteiger partial charge in [-0.25, -0.2) is 4.98 Å². The van der Waals surface area contributed by atoms with E-state index in [4.69, 9.17) is 4.98 Å². The largest absolute Gasteiger partial charge is 0.298 e. The van der Waals surface area contributed by atoms with Crippen LogP contribution in [-0.4, -0.2) is 26.1 Å². The number of fused-ring (bicyclic) bond motifs is 1. The van der Waals surface area contributed by atoms with Crippen LogP contribution >= 0.6 is 0 Å². The van der Waals surface area contributed by atoms with E-state index in [0.29, 0.717) is 31.4 Å². The lowest BCUT2D eigenvalue weighted by Crippen LogP contribution is -2.47. The van der Waals surface area contributed by atoms with Gasteiger partial charge in [-0.05, 0) is 45.0 Å². The van der Waals surface area contributed by atoms with Crippen molar-refractivity contribution in [3.8, 4) is 0 Å². The summed E-state index contributed by atoms with van der Waals surface area (Å²) in [5, 5.41) is 0. The first kappa shape index (κ1) is 17.4. The van der Waals surface area contributed by atoms with E-state index in [-0.39, 0.29) is 5.56 Å². The van der Waals surface area contributed by atoms with Crippen LogP contribution < -0.4 is 10.5 Å². The Labute approximate surface area is 158 Å². The fraction of sp³-hybridized carbons (Fsp3) is 0.286. The topological polar surface area (TPSA) is 54.3 Å². The van der Waals surface area contributed by atoms with Gasteiger partial charge in [0.05, 0.1) is 19.0 Å². The second-order valence-corrected chi connectivity index (χ2v) is 7.05. The van der Waals surface area contributed by atoms with Crippen LogP contribution in [0.5, 0.6) is 0 Å². The van der Waals surface area contributed by atoms with Crippen LogP contribution in [0.1, 0.15) is 22.5 Å². The highest BCUT2D eigenvalue weighted by molar-refractivity contribution is 5.58. The van der Waals surface area contributed by atoms with Gasteiger partial charge >= 0.3 is 0 Å².